The second-order valence-electron chi connectivity index (χ2n) is 5.10. The summed E-state index contributed by atoms with van der Waals surface area (Å²) in [7, 11) is 1.21. The van der Waals surface area contributed by atoms with Gasteiger partial charge in [0.25, 0.3) is 0 Å². The molecule has 0 aliphatic carbocycles. The molecule has 0 bridgehead atoms. The second-order valence-corrected chi connectivity index (χ2v) is 5.10. The van der Waals surface area contributed by atoms with E-state index in [0.29, 0.717) is 19.4 Å². The van der Waals surface area contributed by atoms with Gasteiger partial charge >= 0.3 is 11.9 Å². The number of carbonyl (C=O) groups is 3. The van der Waals surface area contributed by atoms with Gasteiger partial charge in [-0.1, -0.05) is 13.8 Å². The molecule has 7 heteroatoms. The zero-order valence-electron chi connectivity index (χ0n) is 13.2. The zero-order valence-corrected chi connectivity index (χ0v) is 13.2. The highest BCUT2D eigenvalue weighted by Crippen LogP contribution is 2.07. The summed E-state index contributed by atoms with van der Waals surface area (Å²) in [5.74, 6) is -1.76. The Balaban J connectivity index is 4.65. The molecule has 0 aliphatic rings. The maximum atomic E-state index is 12.1. The van der Waals surface area contributed by atoms with Crippen LogP contribution in [-0.4, -0.2) is 43.6 Å². The van der Waals surface area contributed by atoms with E-state index in [0.717, 1.165) is 6.42 Å². The Hall–Kier alpha value is -1.63. The van der Waals surface area contributed by atoms with Crippen LogP contribution >= 0.6 is 0 Å². The minimum absolute atomic E-state index is 0.240. The average Bonchev–Trinajstić information content (AvgIpc) is 2.44. The number of amides is 1. The smallest absolute Gasteiger partial charge is 0.346 e. The average molecular weight is 302 g/mol. The van der Waals surface area contributed by atoms with Crippen molar-refractivity contribution >= 4 is 17.8 Å². The van der Waals surface area contributed by atoms with Crippen molar-refractivity contribution < 1.29 is 23.9 Å². The minimum atomic E-state index is -1.00. The van der Waals surface area contributed by atoms with Crippen LogP contribution in [0.15, 0.2) is 0 Å². The molecule has 3 N–H and O–H groups in total. The van der Waals surface area contributed by atoms with Gasteiger partial charge in [0.1, 0.15) is 6.04 Å². The molecule has 0 fully saturated rings. The van der Waals surface area contributed by atoms with Crippen molar-refractivity contribution in [2.24, 2.45) is 11.7 Å². The Kier molecular flexibility index (Phi) is 9.36. The van der Waals surface area contributed by atoms with Crippen molar-refractivity contribution in [3.63, 3.8) is 0 Å². The molecule has 0 aromatic carbocycles. The Labute approximate surface area is 125 Å². The van der Waals surface area contributed by atoms with Gasteiger partial charge in [0.15, 0.2) is 6.10 Å². The standard InChI is InChI=1S/C14H26N2O5/c1-9(2)12(17)16-11(7-5-6-8-15)14(19)21-10(3)13(18)20-4/h9-11H,5-8,15H2,1-4H3,(H,16,17). The largest absolute Gasteiger partial charge is 0.466 e. The number of hydrogen-bond donors (Lipinski definition) is 2. The van der Waals surface area contributed by atoms with Crippen molar-refractivity contribution in [1.82, 2.24) is 5.32 Å². The lowest BCUT2D eigenvalue weighted by Gasteiger charge is -2.20. The fraction of sp³-hybridized carbons (Fsp3) is 0.786. The summed E-state index contributed by atoms with van der Waals surface area (Å²) in [6.07, 6.45) is 0.841. The van der Waals surface area contributed by atoms with Crippen molar-refractivity contribution in [3.05, 3.63) is 0 Å². The van der Waals surface area contributed by atoms with Crippen LogP contribution in [0.3, 0.4) is 0 Å². The lowest BCUT2D eigenvalue weighted by atomic mass is 10.1. The number of nitrogens with two attached hydrogens (primary N) is 1. The molecule has 1 amide bonds. The molecule has 122 valence electrons. The molecule has 21 heavy (non-hydrogen) atoms. The third-order valence-electron chi connectivity index (χ3n) is 2.90. The van der Waals surface area contributed by atoms with E-state index in [1.165, 1.54) is 14.0 Å². The van der Waals surface area contributed by atoms with Crippen molar-refractivity contribution in [2.45, 2.75) is 52.2 Å². The highest BCUT2D eigenvalue weighted by molar-refractivity contribution is 5.86. The molecular formula is C14H26N2O5. The van der Waals surface area contributed by atoms with E-state index in [1.807, 2.05) is 0 Å². The Morgan fingerprint density at radius 3 is 2.19 bits per heavy atom. The quantitative estimate of drug-likeness (QED) is 0.470. The van der Waals surface area contributed by atoms with Crippen LogP contribution in [0.5, 0.6) is 0 Å². The molecule has 0 rings (SSSR count). The van der Waals surface area contributed by atoms with E-state index in [2.05, 4.69) is 10.1 Å². The zero-order chi connectivity index (χ0) is 16.4. The van der Waals surface area contributed by atoms with Crippen LogP contribution in [0.25, 0.3) is 0 Å². The van der Waals surface area contributed by atoms with Gasteiger partial charge in [-0.2, -0.15) is 0 Å². The van der Waals surface area contributed by atoms with E-state index >= 15 is 0 Å². The minimum Gasteiger partial charge on any atom is -0.466 e. The van der Waals surface area contributed by atoms with Gasteiger partial charge in [-0.3, -0.25) is 4.79 Å². The normalized spacial score (nSPS) is 13.4. The number of esters is 2. The SMILES string of the molecule is COC(=O)C(C)OC(=O)C(CCCCN)NC(=O)C(C)C. The number of unbranched alkanes of at least 4 members (excludes halogenated alkanes) is 1. The van der Waals surface area contributed by atoms with E-state index in [-0.39, 0.29) is 11.8 Å². The second kappa shape index (κ2) is 10.1. The van der Waals surface area contributed by atoms with Gasteiger partial charge in [-0.05, 0) is 32.7 Å². The number of carbonyl (C=O) groups excluding carboxylic acids is 3. The predicted molar refractivity (Wildman–Crippen MR) is 77.2 cm³/mol. The van der Waals surface area contributed by atoms with Crippen LogP contribution in [0.2, 0.25) is 0 Å². The van der Waals surface area contributed by atoms with Gasteiger partial charge in [0, 0.05) is 5.92 Å². The first-order chi connectivity index (χ1) is 9.83. The number of rotatable bonds is 9. The third-order valence-corrected chi connectivity index (χ3v) is 2.90. The summed E-state index contributed by atoms with van der Waals surface area (Å²) in [6.45, 7) is 5.40. The Morgan fingerprint density at radius 2 is 1.71 bits per heavy atom. The molecule has 0 radical (unpaired) electrons. The maximum Gasteiger partial charge on any atom is 0.346 e. The van der Waals surface area contributed by atoms with Gasteiger partial charge in [0.05, 0.1) is 7.11 Å². The first kappa shape index (κ1) is 19.4. The Bertz CT molecular complexity index is 357. The first-order valence-corrected chi connectivity index (χ1v) is 7.12. The highest BCUT2D eigenvalue weighted by Gasteiger charge is 2.27. The summed E-state index contributed by atoms with van der Waals surface area (Å²) in [4.78, 5) is 35.0. The fourth-order valence-electron chi connectivity index (χ4n) is 1.55. The topological polar surface area (TPSA) is 108 Å². The monoisotopic (exact) mass is 302 g/mol. The van der Waals surface area contributed by atoms with Crippen LogP contribution in [0, 0.1) is 5.92 Å². The van der Waals surface area contributed by atoms with Crippen LogP contribution in [0.4, 0.5) is 0 Å². The van der Waals surface area contributed by atoms with Crippen LogP contribution in [-0.2, 0) is 23.9 Å². The summed E-state index contributed by atoms with van der Waals surface area (Å²) < 4.78 is 9.51. The number of hydrogen-bond acceptors (Lipinski definition) is 6. The van der Waals surface area contributed by atoms with Crippen molar-refractivity contribution in [3.8, 4) is 0 Å². The molecule has 0 aromatic rings. The molecule has 0 spiro atoms. The van der Waals surface area contributed by atoms with Gasteiger partial charge in [0.2, 0.25) is 5.91 Å². The summed E-state index contributed by atoms with van der Waals surface area (Å²) in [5, 5.41) is 2.63. The van der Waals surface area contributed by atoms with Crippen molar-refractivity contribution in [1.29, 1.82) is 0 Å². The van der Waals surface area contributed by atoms with Crippen LogP contribution in [0.1, 0.15) is 40.0 Å². The first-order valence-electron chi connectivity index (χ1n) is 7.12. The lowest BCUT2D eigenvalue weighted by molar-refractivity contribution is -0.166. The lowest BCUT2D eigenvalue weighted by Crippen LogP contribution is -2.45. The molecule has 2 unspecified atom stereocenters. The van der Waals surface area contributed by atoms with Gasteiger partial charge in [-0.15, -0.1) is 0 Å². The van der Waals surface area contributed by atoms with E-state index in [9.17, 15) is 14.4 Å². The molecule has 2 atom stereocenters. The van der Waals surface area contributed by atoms with E-state index in [4.69, 9.17) is 10.5 Å². The molecule has 0 saturated carbocycles. The number of nitrogens with one attached hydrogen (secondary N) is 1. The van der Waals surface area contributed by atoms with Gasteiger partial charge < -0.3 is 20.5 Å². The highest BCUT2D eigenvalue weighted by atomic mass is 16.6. The van der Waals surface area contributed by atoms with Crippen molar-refractivity contribution in [2.75, 3.05) is 13.7 Å². The predicted octanol–water partition coefficient (Wildman–Crippen LogP) is 0.361. The molecule has 0 heterocycles. The molecular weight excluding hydrogens is 276 g/mol. The third kappa shape index (κ3) is 7.65. The van der Waals surface area contributed by atoms with E-state index in [1.54, 1.807) is 13.8 Å². The summed E-state index contributed by atoms with van der Waals surface area (Å²) in [5.41, 5.74) is 5.41. The number of ether oxygens (including phenoxy) is 2. The molecule has 7 nitrogen and oxygen atoms in total. The molecule has 0 aliphatic heterocycles. The maximum absolute atomic E-state index is 12.1. The summed E-state index contributed by atoms with van der Waals surface area (Å²) >= 11 is 0. The summed E-state index contributed by atoms with van der Waals surface area (Å²) in [6, 6.07) is -0.779. The van der Waals surface area contributed by atoms with Crippen LogP contribution < -0.4 is 11.1 Å². The van der Waals surface area contributed by atoms with Gasteiger partial charge in [-0.25, -0.2) is 9.59 Å². The fourth-order valence-corrected chi connectivity index (χ4v) is 1.55. The molecule has 0 saturated heterocycles. The van der Waals surface area contributed by atoms with E-state index < -0.39 is 24.1 Å². The molecule has 0 aromatic heterocycles. The Morgan fingerprint density at radius 1 is 1.10 bits per heavy atom. The number of methoxy groups -OCH3 is 1.